The average Bonchev–Trinajstić information content (AvgIpc) is 3.63. The van der Waals surface area contributed by atoms with E-state index >= 15 is 0 Å². The maximum atomic E-state index is 7.77. The standard InChI is InChI=1S/C66H114N4O2/c1-15-23-36-65(37-32-45-69(39-24-16-2,40-25-17-3)41-26-18-4,38-33-46-70(42-27-19-5,43-28-20-6)44-29-21-7)57-47-53(22-8)61-54(49-57)51-67-59-34-30-31-35-60(59)68-52-55-48-56(63(9,10)11)50-58(64(12,13)14)62(55)72-66(67,68)71-61/h47-52,59-60H,15-46H2,1-14H3/q+4. The quantitative estimate of drug-likeness (QED) is 0.0555. The molecule has 4 aliphatic rings. The number of ether oxygens (including phenoxy) is 2. The molecule has 1 spiro atoms. The van der Waals surface area contributed by atoms with Gasteiger partial charge in [0.05, 0.1) is 63.5 Å². The molecule has 0 radical (unpaired) electrons. The van der Waals surface area contributed by atoms with E-state index in [0.717, 1.165) is 30.8 Å². The maximum absolute atomic E-state index is 7.77. The highest BCUT2D eigenvalue weighted by molar-refractivity contribution is 5.85. The van der Waals surface area contributed by atoms with Gasteiger partial charge in [-0.25, -0.2) is 0 Å². The molecule has 3 unspecified atom stereocenters. The van der Waals surface area contributed by atoms with Crippen molar-refractivity contribution < 1.29 is 27.6 Å². The van der Waals surface area contributed by atoms with Gasteiger partial charge < -0.3 is 18.4 Å². The highest BCUT2D eigenvalue weighted by Crippen LogP contribution is 2.50. The molecule has 0 bridgehead atoms. The fourth-order valence-corrected chi connectivity index (χ4v) is 13.9. The third-order valence-electron chi connectivity index (χ3n) is 18.6. The van der Waals surface area contributed by atoms with Crippen molar-refractivity contribution in [1.29, 1.82) is 0 Å². The summed E-state index contributed by atoms with van der Waals surface area (Å²) in [5.41, 5.74) is 8.14. The Hall–Kier alpha value is -2.70. The number of hydrogen-bond donors (Lipinski definition) is 0. The number of benzene rings is 2. The molecule has 6 heteroatoms. The number of hydrogen-bond acceptors (Lipinski definition) is 2. The van der Waals surface area contributed by atoms with Crippen LogP contribution in [-0.2, 0) is 22.7 Å². The second-order valence-corrected chi connectivity index (χ2v) is 26.3. The van der Waals surface area contributed by atoms with Crippen LogP contribution in [0.25, 0.3) is 0 Å². The fourth-order valence-electron chi connectivity index (χ4n) is 13.9. The van der Waals surface area contributed by atoms with Crippen LogP contribution in [-0.4, -0.2) is 101 Å². The summed E-state index contributed by atoms with van der Waals surface area (Å²) in [6, 6.07) is 9.83. The van der Waals surface area contributed by atoms with Crippen LogP contribution in [0.1, 0.15) is 278 Å². The molecule has 6 rings (SSSR count). The number of fused-ring (bicyclic) bond motifs is 5. The van der Waals surface area contributed by atoms with Crippen LogP contribution in [0, 0.1) is 0 Å². The Labute approximate surface area is 445 Å². The fraction of sp³-hybridized carbons (Fsp3) is 0.788. The van der Waals surface area contributed by atoms with E-state index in [2.05, 4.69) is 143 Å². The molecule has 1 aliphatic carbocycles. The van der Waals surface area contributed by atoms with Gasteiger partial charge in [0, 0.05) is 18.4 Å². The first-order valence-corrected chi connectivity index (χ1v) is 31.2. The average molecular weight is 996 g/mol. The Kier molecular flexibility index (Phi) is 21.1. The summed E-state index contributed by atoms with van der Waals surface area (Å²) < 4.78 is 23.2. The highest BCUT2D eigenvalue weighted by atomic mass is 16.7. The molecule has 0 amide bonds. The molecule has 3 heterocycles. The first kappa shape index (κ1) is 58.6. The molecule has 72 heavy (non-hydrogen) atoms. The first-order chi connectivity index (χ1) is 34.5. The van der Waals surface area contributed by atoms with E-state index in [-0.39, 0.29) is 16.2 Å². The SMILES string of the molecule is CCCCC(CCC[N+](CCCC)(CCCC)CCCC)(CCC[N+](CCCC)(CCCC)CCCC)c1cc2c(c(CC)c1)OC13Oc4c(cc(C(C)(C)C)cc4C(C)(C)C)C=[N+]1C1CCCCC1[N+]3=C2. The molecule has 1 saturated carbocycles. The maximum Gasteiger partial charge on any atom is 0.704 e. The lowest BCUT2D eigenvalue weighted by Crippen LogP contribution is -2.60. The molecule has 1 saturated heterocycles. The third kappa shape index (κ3) is 13.3. The van der Waals surface area contributed by atoms with Crippen molar-refractivity contribution in [2.24, 2.45) is 0 Å². The second kappa shape index (κ2) is 25.9. The lowest BCUT2D eigenvalue weighted by Gasteiger charge is -2.43. The zero-order chi connectivity index (χ0) is 52.2. The predicted molar refractivity (Wildman–Crippen MR) is 309 cm³/mol. The Morgan fingerprint density at radius 1 is 0.472 bits per heavy atom. The van der Waals surface area contributed by atoms with Crippen LogP contribution in [0.4, 0.5) is 0 Å². The van der Waals surface area contributed by atoms with E-state index < -0.39 is 6.03 Å². The van der Waals surface area contributed by atoms with E-state index in [0.29, 0.717) is 12.1 Å². The van der Waals surface area contributed by atoms with Gasteiger partial charge in [0.15, 0.2) is 23.9 Å². The van der Waals surface area contributed by atoms with Gasteiger partial charge in [0.1, 0.15) is 0 Å². The Bertz CT molecular complexity index is 2000. The van der Waals surface area contributed by atoms with Crippen molar-refractivity contribution >= 4 is 12.4 Å². The molecule has 0 N–H and O–H groups in total. The molecule has 406 valence electrons. The summed E-state index contributed by atoms with van der Waals surface area (Å²) in [4.78, 5) is 0. The highest BCUT2D eigenvalue weighted by Gasteiger charge is 2.77. The minimum Gasteiger partial charge on any atom is -0.340 e. The van der Waals surface area contributed by atoms with E-state index in [1.165, 1.54) is 224 Å². The zero-order valence-corrected chi connectivity index (χ0v) is 49.9. The van der Waals surface area contributed by atoms with Crippen molar-refractivity contribution in [3.63, 3.8) is 0 Å². The largest absolute Gasteiger partial charge is 0.704 e. The first-order valence-electron chi connectivity index (χ1n) is 31.2. The summed E-state index contributed by atoms with van der Waals surface area (Å²) in [5, 5.41) is 0. The summed E-state index contributed by atoms with van der Waals surface area (Å²) in [7, 11) is 0. The van der Waals surface area contributed by atoms with Crippen LogP contribution in [0.15, 0.2) is 24.3 Å². The topological polar surface area (TPSA) is 24.5 Å². The van der Waals surface area contributed by atoms with Crippen molar-refractivity contribution in [1.82, 2.24) is 0 Å². The molecule has 3 atom stereocenters. The molecule has 2 aromatic rings. The smallest absolute Gasteiger partial charge is 0.340 e. The third-order valence-corrected chi connectivity index (χ3v) is 18.6. The number of aryl methyl sites for hydroxylation is 1. The Morgan fingerprint density at radius 2 is 0.861 bits per heavy atom. The minimum absolute atomic E-state index is 0.0272. The predicted octanol–water partition coefficient (Wildman–Crippen LogP) is 16.6. The van der Waals surface area contributed by atoms with Crippen molar-refractivity contribution in [2.45, 2.75) is 285 Å². The van der Waals surface area contributed by atoms with E-state index in [1.54, 1.807) is 5.56 Å². The van der Waals surface area contributed by atoms with Crippen molar-refractivity contribution in [2.75, 3.05) is 52.4 Å². The van der Waals surface area contributed by atoms with Gasteiger partial charge in [-0.05, 0) is 135 Å². The van der Waals surface area contributed by atoms with Crippen LogP contribution in [0.5, 0.6) is 11.5 Å². The van der Waals surface area contributed by atoms with Crippen molar-refractivity contribution in [3.05, 3.63) is 57.6 Å². The van der Waals surface area contributed by atoms with Gasteiger partial charge in [-0.15, -0.1) is 0 Å². The minimum atomic E-state index is -1.04. The van der Waals surface area contributed by atoms with Gasteiger partial charge in [0.25, 0.3) is 0 Å². The second-order valence-electron chi connectivity index (χ2n) is 26.3. The number of rotatable bonds is 31. The molecule has 6 nitrogen and oxygen atoms in total. The normalized spacial score (nSPS) is 19.9. The molecular formula is C66H114N4O2+4. The summed E-state index contributed by atoms with van der Waals surface area (Å²) in [6.45, 7) is 44.1. The molecule has 3 aliphatic heterocycles. The van der Waals surface area contributed by atoms with Crippen LogP contribution >= 0.6 is 0 Å². The van der Waals surface area contributed by atoms with E-state index in [1.807, 2.05) is 0 Å². The Balaban J connectivity index is 1.50. The van der Waals surface area contributed by atoms with Gasteiger partial charge >= 0.3 is 6.03 Å². The van der Waals surface area contributed by atoms with Gasteiger partial charge in [-0.3, -0.25) is 0 Å². The van der Waals surface area contributed by atoms with Crippen LogP contribution < -0.4 is 9.47 Å². The van der Waals surface area contributed by atoms with Crippen molar-refractivity contribution in [3.8, 4) is 11.5 Å². The molecule has 2 fully saturated rings. The molecular weight excluding hydrogens is 881 g/mol. The van der Waals surface area contributed by atoms with E-state index in [4.69, 9.17) is 9.47 Å². The van der Waals surface area contributed by atoms with E-state index in [9.17, 15) is 0 Å². The monoisotopic (exact) mass is 995 g/mol. The lowest BCUT2D eigenvalue weighted by molar-refractivity contribution is -0.929. The summed E-state index contributed by atoms with van der Waals surface area (Å²) in [5.74, 6) is 2.05. The molecule has 0 aromatic heterocycles. The van der Waals surface area contributed by atoms with Crippen LogP contribution in [0.3, 0.4) is 0 Å². The Morgan fingerprint density at radius 3 is 1.26 bits per heavy atom. The van der Waals surface area contributed by atoms with Gasteiger partial charge in [-0.2, -0.15) is 0 Å². The number of nitrogens with zero attached hydrogens (tertiary/aromatic N) is 4. The molecule has 2 aromatic carbocycles. The van der Waals surface area contributed by atoms with Gasteiger partial charge in [-0.1, -0.05) is 170 Å². The zero-order valence-electron chi connectivity index (χ0n) is 49.9. The number of unbranched alkanes of at least 4 members (excludes halogenated alkanes) is 7. The van der Waals surface area contributed by atoms with Crippen LogP contribution in [0.2, 0.25) is 0 Å². The lowest BCUT2D eigenvalue weighted by atomic mass is 9.69. The summed E-state index contributed by atoms with van der Waals surface area (Å²) in [6.07, 6.45) is 35.6. The van der Waals surface area contributed by atoms with Gasteiger partial charge in [0.2, 0.25) is 12.1 Å². The number of quaternary nitrogens is 2. The summed E-state index contributed by atoms with van der Waals surface area (Å²) >= 11 is 0.